The van der Waals surface area contributed by atoms with Crippen LogP contribution in [-0.2, 0) is 4.79 Å². The summed E-state index contributed by atoms with van der Waals surface area (Å²) in [6, 6.07) is 7.27. The van der Waals surface area contributed by atoms with E-state index in [1.807, 2.05) is 13.0 Å². The Hall–Kier alpha value is -1.84. The Labute approximate surface area is 156 Å². The number of hydrogen-bond donors (Lipinski definition) is 2. The van der Waals surface area contributed by atoms with Crippen LogP contribution in [0.2, 0.25) is 0 Å². The molecule has 2 fully saturated rings. The molecule has 0 aromatic heterocycles. The van der Waals surface area contributed by atoms with Crippen molar-refractivity contribution in [3.8, 4) is 0 Å². The normalized spacial score (nSPS) is 33.5. The lowest BCUT2D eigenvalue weighted by atomic mass is 9.55. The van der Waals surface area contributed by atoms with Crippen molar-refractivity contribution in [3.05, 3.63) is 29.8 Å². The first kappa shape index (κ1) is 18.9. The Morgan fingerprint density at radius 2 is 2.00 bits per heavy atom. The summed E-state index contributed by atoms with van der Waals surface area (Å²) < 4.78 is 0. The van der Waals surface area contributed by atoms with Crippen molar-refractivity contribution in [3.63, 3.8) is 0 Å². The van der Waals surface area contributed by atoms with E-state index in [-0.39, 0.29) is 17.4 Å². The van der Waals surface area contributed by atoms with Crippen LogP contribution in [0.15, 0.2) is 24.3 Å². The summed E-state index contributed by atoms with van der Waals surface area (Å²) in [4.78, 5) is 25.5. The summed E-state index contributed by atoms with van der Waals surface area (Å²) in [5.74, 6) is 1.79. The molecule has 4 heteroatoms. The molecule has 4 nitrogen and oxygen atoms in total. The number of carbonyl (C=O) groups excluding carboxylic acids is 2. The minimum absolute atomic E-state index is 0.0536. The SMILES string of the molecule is CCC(=O)C1(CC)CC2CC(C)C(NC(=O)c3cccc(N)c3)C(C2)C1. The number of amides is 1. The van der Waals surface area contributed by atoms with Gasteiger partial charge in [0.1, 0.15) is 5.78 Å². The van der Waals surface area contributed by atoms with Gasteiger partial charge in [-0.2, -0.15) is 0 Å². The molecule has 0 spiro atoms. The largest absolute Gasteiger partial charge is 0.399 e. The van der Waals surface area contributed by atoms with Crippen LogP contribution in [0.25, 0.3) is 0 Å². The Bertz CT molecular complexity index is 684. The van der Waals surface area contributed by atoms with E-state index in [1.165, 1.54) is 0 Å². The van der Waals surface area contributed by atoms with Gasteiger partial charge in [-0.05, 0) is 68.1 Å². The highest BCUT2D eigenvalue weighted by Crippen LogP contribution is 2.52. The Morgan fingerprint density at radius 1 is 1.23 bits per heavy atom. The van der Waals surface area contributed by atoms with Gasteiger partial charge in [-0.25, -0.2) is 0 Å². The molecule has 0 saturated heterocycles. The van der Waals surface area contributed by atoms with Gasteiger partial charge in [0.05, 0.1) is 0 Å². The van der Waals surface area contributed by atoms with E-state index in [0.29, 0.717) is 41.2 Å². The lowest BCUT2D eigenvalue weighted by Gasteiger charge is -2.51. The number of benzene rings is 1. The summed E-state index contributed by atoms with van der Waals surface area (Å²) in [6.07, 6.45) is 5.70. The van der Waals surface area contributed by atoms with Gasteiger partial charge >= 0.3 is 0 Å². The first-order valence-corrected chi connectivity index (χ1v) is 10.1. The van der Waals surface area contributed by atoms with Gasteiger partial charge < -0.3 is 11.1 Å². The molecule has 2 aliphatic rings. The van der Waals surface area contributed by atoms with Crippen LogP contribution in [-0.4, -0.2) is 17.7 Å². The zero-order valence-electron chi connectivity index (χ0n) is 16.3. The summed E-state index contributed by atoms with van der Waals surface area (Å²) in [5.41, 5.74) is 6.86. The molecule has 26 heavy (non-hydrogen) atoms. The number of hydrogen-bond acceptors (Lipinski definition) is 3. The Balaban J connectivity index is 1.79. The number of rotatable bonds is 5. The van der Waals surface area contributed by atoms with E-state index >= 15 is 0 Å². The zero-order chi connectivity index (χ0) is 18.9. The van der Waals surface area contributed by atoms with E-state index < -0.39 is 0 Å². The van der Waals surface area contributed by atoms with Crippen molar-refractivity contribution in [2.45, 2.75) is 65.3 Å². The molecule has 2 bridgehead atoms. The van der Waals surface area contributed by atoms with Crippen LogP contribution in [0.3, 0.4) is 0 Å². The van der Waals surface area contributed by atoms with Crippen molar-refractivity contribution >= 4 is 17.4 Å². The molecular formula is C22H32N2O2. The molecule has 3 N–H and O–H groups in total. The second kappa shape index (κ2) is 7.42. The summed E-state index contributed by atoms with van der Waals surface area (Å²) in [7, 11) is 0. The molecule has 2 aliphatic carbocycles. The third-order valence-corrected chi connectivity index (χ3v) is 6.83. The highest BCUT2D eigenvalue weighted by atomic mass is 16.1. The van der Waals surface area contributed by atoms with Gasteiger partial charge in [-0.15, -0.1) is 0 Å². The predicted molar refractivity (Wildman–Crippen MR) is 105 cm³/mol. The fraction of sp³-hybridized carbons (Fsp3) is 0.636. The number of nitrogens with one attached hydrogen (secondary N) is 1. The quantitative estimate of drug-likeness (QED) is 0.777. The molecule has 3 rings (SSSR count). The van der Waals surface area contributed by atoms with Gasteiger partial charge in [0.2, 0.25) is 0 Å². The molecule has 1 aromatic carbocycles. The maximum atomic E-state index is 12.8. The van der Waals surface area contributed by atoms with Gasteiger partial charge in [-0.3, -0.25) is 9.59 Å². The average molecular weight is 357 g/mol. The summed E-state index contributed by atoms with van der Waals surface area (Å²) >= 11 is 0. The molecule has 0 aliphatic heterocycles. The third-order valence-electron chi connectivity index (χ3n) is 6.83. The van der Waals surface area contributed by atoms with Crippen LogP contribution < -0.4 is 11.1 Å². The number of carbonyl (C=O) groups is 2. The first-order chi connectivity index (χ1) is 12.4. The maximum Gasteiger partial charge on any atom is 0.251 e. The molecule has 1 aromatic rings. The number of nitrogens with two attached hydrogens (primary N) is 1. The number of ketones is 1. The molecular weight excluding hydrogens is 324 g/mol. The number of anilines is 1. The third kappa shape index (κ3) is 3.51. The Kier molecular flexibility index (Phi) is 5.40. The topological polar surface area (TPSA) is 72.2 Å². The molecule has 0 radical (unpaired) electrons. The molecule has 5 atom stereocenters. The smallest absolute Gasteiger partial charge is 0.251 e. The van der Waals surface area contributed by atoms with Crippen LogP contribution in [0, 0.1) is 23.2 Å². The number of nitrogen functional groups attached to an aromatic ring is 1. The van der Waals surface area contributed by atoms with Crippen LogP contribution in [0.1, 0.15) is 69.7 Å². The van der Waals surface area contributed by atoms with Gasteiger partial charge in [0, 0.05) is 29.1 Å². The molecule has 1 amide bonds. The van der Waals surface area contributed by atoms with E-state index in [2.05, 4.69) is 19.2 Å². The molecule has 5 unspecified atom stereocenters. The van der Waals surface area contributed by atoms with Gasteiger partial charge in [0.25, 0.3) is 5.91 Å². The standard InChI is InChI=1S/C22H32N2O2/c1-4-19(25)22(5-2)12-15-9-14(3)20(17(10-15)13-22)24-21(26)16-7-6-8-18(23)11-16/h6-8,11,14-15,17,20H,4-5,9-10,12-13,23H2,1-3H3,(H,24,26). The lowest BCUT2D eigenvalue weighted by Crippen LogP contribution is -2.54. The van der Waals surface area contributed by atoms with Crippen molar-refractivity contribution < 1.29 is 9.59 Å². The second-order valence-electron chi connectivity index (χ2n) is 8.52. The minimum Gasteiger partial charge on any atom is -0.399 e. The summed E-state index contributed by atoms with van der Waals surface area (Å²) in [5, 5.41) is 3.28. The van der Waals surface area contributed by atoms with Gasteiger partial charge in [0.15, 0.2) is 0 Å². The average Bonchev–Trinajstić information content (AvgIpc) is 2.63. The van der Waals surface area contributed by atoms with Crippen LogP contribution in [0.5, 0.6) is 0 Å². The predicted octanol–water partition coefficient (Wildman–Crippen LogP) is 4.20. The van der Waals surface area contributed by atoms with Crippen molar-refractivity contribution in [1.82, 2.24) is 5.32 Å². The van der Waals surface area contributed by atoms with Crippen LogP contribution in [0.4, 0.5) is 5.69 Å². The van der Waals surface area contributed by atoms with E-state index in [9.17, 15) is 9.59 Å². The van der Waals surface area contributed by atoms with E-state index in [1.54, 1.807) is 18.2 Å². The van der Waals surface area contributed by atoms with Crippen molar-refractivity contribution in [1.29, 1.82) is 0 Å². The van der Waals surface area contributed by atoms with Gasteiger partial charge in [-0.1, -0.05) is 26.8 Å². The zero-order valence-corrected chi connectivity index (χ0v) is 16.3. The van der Waals surface area contributed by atoms with Crippen molar-refractivity contribution in [2.75, 3.05) is 5.73 Å². The van der Waals surface area contributed by atoms with E-state index in [4.69, 9.17) is 5.73 Å². The second-order valence-corrected chi connectivity index (χ2v) is 8.52. The first-order valence-electron chi connectivity index (χ1n) is 10.1. The summed E-state index contributed by atoms with van der Waals surface area (Å²) in [6.45, 7) is 6.37. The fourth-order valence-corrected chi connectivity index (χ4v) is 5.59. The molecule has 2 saturated carbocycles. The number of Topliss-reactive ketones (excluding diaryl/α,β-unsaturated/α-hetero) is 1. The highest BCUT2D eigenvalue weighted by Gasteiger charge is 2.49. The lowest BCUT2D eigenvalue weighted by molar-refractivity contribution is -0.135. The maximum absolute atomic E-state index is 12.8. The van der Waals surface area contributed by atoms with Crippen molar-refractivity contribution in [2.24, 2.45) is 23.2 Å². The monoisotopic (exact) mass is 356 g/mol. The molecule has 0 heterocycles. The Morgan fingerprint density at radius 3 is 2.65 bits per heavy atom. The fourth-order valence-electron chi connectivity index (χ4n) is 5.59. The molecule has 142 valence electrons. The van der Waals surface area contributed by atoms with E-state index in [0.717, 1.165) is 32.1 Å². The minimum atomic E-state index is -0.178. The number of fused-ring (bicyclic) bond motifs is 2. The van der Waals surface area contributed by atoms with Crippen LogP contribution >= 0.6 is 0 Å². The highest BCUT2D eigenvalue weighted by molar-refractivity contribution is 5.95.